The maximum Gasteiger partial charge on any atom is 0.0546 e. The zero-order valence-electron chi connectivity index (χ0n) is 29.2. The average Bonchev–Trinajstić information content (AvgIpc) is 3.24. The van der Waals surface area contributed by atoms with Crippen molar-refractivity contribution in [3.63, 3.8) is 0 Å². The van der Waals surface area contributed by atoms with Gasteiger partial charge in [0.05, 0.1) is 5.69 Å². The molecule has 1 heteroatoms. The summed E-state index contributed by atoms with van der Waals surface area (Å²) in [6.07, 6.45) is 0. The van der Waals surface area contributed by atoms with Gasteiger partial charge in [-0.3, -0.25) is 0 Å². The van der Waals surface area contributed by atoms with Gasteiger partial charge in [0.15, 0.2) is 0 Å². The highest BCUT2D eigenvalue weighted by atomic mass is 15.1. The standard InChI is InChI=1S/C52H35N/c1-2-13-36(14-3-1)37-25-27-38(28-26-37)39-29-31-43(32-30-39)53(52-35-42-16-5-7-20-46(42)48-22-10-11-24-50(48)52)44-18-12-17-40(33-44)51-34-41-15-4-6-19-45(41)47-21-8-9-23-49(47)51/h1-35H. The Bertz CT molecular complexity index is 2920. The van der Waals surface area contributed by atoms with Crippen molar-refractivity contribution in [1.29, 1.82) is 0 Å². The maximum absolute atomic E-state index is 2.43. The average molecular weight is 674 g/mol. The van der Waals surface area contributed by atoms with E-state index in [4.69, 9.17) is 0 Å². The van der Waals surface area contributed by atoms with Crippen LogP contribution in [0.2, 0.25) is 0 Å². The van der Waals surface area contributed by atoms with Crippen LogP contribution in [0.3, 0.4) is 0 Å². The van der Waals surface area contributed by atoms with Crippen molar-refractivity contribution in [3.8, 4) is 33.4 Å². The van der Waals surface area contributed by atoms with Crippen molar-refractivity contribution in [1.82, 2.24) is 0 Å². The third-order valence-electron chi connectivity index (χ3n) is 10.6. The van der Waals surface area contributed by atoms with Gasteiger partial charge in [-0.25, -0.2) is 0 Å². The summed E-state index contributed by atoms with van der Waals surface area (Å²) in [6.45, 7) is 0. The highest BCUT2D eigenvalue weighted by Crippen LogP contribution is 2.44. The molecule has 0 aromatic heterocycles. The Morgan fingerprint density at radius 3 is 1.34 bits per heavy atom. The van der Waals surface area contributed by atoms with Crippen molar-refractivity contribution in [3.05, 3.63) is 212 Å². The van der Waals surface area contributed by atoms with Crippen LogP contribution in [0, 0.1) is 0 Å². The number of anilines is 3. The molecule has 0 radical (unpaired) electrons. The minimum Gasteiger partial charge on any atom is -0.310 e. The van der Waals surface area contributed by atoms with E-state index in [1.165, 1.54) is 76.5 Å². The zero-order valence-corrected chi connectivity index (χ0v) is 29.2. The summed E-state index contributed by atoms with van der Waals surface area (Å²) < 4.78 is 0. The molecule has 248 valence electrons. The van der Waals surface area contributed by atoms with Crippen molar-refractivity contribution in [2.75, 3.05) is 4.90 Å². The fourth-order valence-corrected chi connectivity index (χ4v) is 8.04. The molecule has 0 aliphatic heterocycles. The summed E-state index contributed by atoms with van der Waals surface area (Å²) in [5, 5.41) is 10.0. The van der Waals surface area contributed by atoms with E-state index in [9.17, 15) is 0 Å². The predicted octanol–water partition coefficient (Wildman–Crippen LogP) is 14.8. The van der Waals surface area contributed by atoms with E-state index in [2.05, 4.69) is 217 Å². The largest absolute Gasteiger partial charge is 0.310 e. The lowest BCUT2D eigenvalue weighted by molar-refractivity contribution is 1.30. The van der Waals surface area contributed by atoms with Crippen molar-refractivity contribution < 1.29 is 0 Å². The molecule has 10 aromatic rings. The van der Waals surface area contributed by atoms with Crippen LogP contribution in [0.4, 0.5) is 17.1 Å². The molecular weight excluding hydrogens is 639 g/mol. The SMILES string of the molecule is c1ccc(-c2ccc(-c3ccc(N(c4cccc(-c5cc6ccccc6c6ccccc56)c4)c4cc5ccccc5c5ccccc45)cc3)cc2)cc1. The van der Waals surface area contributed by atoms with Crippen LogP contribution >= 0.6 is 0 Å². The molecule has 0 unspecified atom stereocenters. The van der Waals surface area contributed by atoms with Gasteiger partial charge in [-0.2, -0.15) is 0 Å². The Morgan fingerprint density at radius 2 is 0.698 bits per heavy atom. The third kappa shape index (κ3) is 5.51. The summed E-state index contributed by atoms with van der Waals surface area (Å²) in [4.78, 5) is 2.43. The summed E-state index contributed by atoms with van der Waals surface area (Å²) in [5.41, 5.74) is 10.6. The van der Waals surface area contributed by atoms with Gasteiger partial charge >= 0.3 is 0 Å². The topological polar surface area (TPSA) is 3.24 Å². The van der Waals surface area contributed by atoms with Crippen molar-refractivity contribution in [2.24, 2.45) is 0 Å². The Morgan fingerprint density at radius 1 is 0.245 bits per heavy atom. The number of rotatable bonds is 6. The molecule has 0 bridgehead atoms. The fourth-order valence-electron chi connectivity index (χ4n) is 8.04. The van der Waals surface area contributed by atoms with E-state index in [1.54, 1.807) is 0 Å². The molecule has 0 spiro atoms. The van der Waals surface area contributed by atoms with Crippen molar-refractivity contribution in [2.45, 2.75) is 0 Å². The lowest BCUT2D eigenvalue weighted by Gasteiger charge is -2.28. The smallest absolute Gasteiger partial charge is 0.0546 e. The molecule has 0 amide bonds. The Hall–Kier alpha value is -6.96. The number of fused-ring (bicyclic) bond motifs is 6. The number of nitrogens with zero attached hydrogens (tertiary/aromatic N) is 1. The van der Waals surface area contributed by atoms with Gasteiger partial charge in [-0.1, -0.05) is 176 Å². The lowest BCUT2D eigenvalue weighted by atomic mass is 9.93. The minimum absolute atomic E-state index is 1.11. The molecule has 0 fully saturated rings. The Balaban J connectivity index is 1.14. The Kier molecular flexibility index (Phi) is 7.55. The summed E-state index contributed by atoms with van der Waals surface area (Å²) in [5.74, 6) is 0. The van der Waals surface area contributed by atoms with Crippen LogP contribution in [-0.4, -0.2) is 0 Å². The van der Waals surface area contributed by atoms with Gasteiger partial charge in [-0.05, 0) is 107 Å². The van der Waals surface area contributed by atoms with Gasteiger partial charge in [0, 0.05) is 16.8 Å². The van der Waals surface area contributed by atoms with Gasteiger partial charge < -0.3 is 4.90 Å². The van der Waals surface area contributed by atoms with Crippen LogP contribution < -0.4 is 4.90 Å². The second-order valence-corrected chi connectivity index (χ2v) is 13.7. The minimum atomic E-state index is 1.11. The zero-order chi connectivity index (χ0) is 35.1. The molecule has 0 saturated carbocycles. The summed E-state index contributed by atoms with van der Waals surface area (Å²) in [6, 6.07) is 77.3. The van der Waals surface area contributed by atoms with E-state index < -0.39 is 0 Å². The highest BCUT2D eigenvalue weighted by Gasteiger charge is 2.19. The summed E-state index contributed by atoms with van der Waals surface area (Å²) in [7, 11) is 0. The molecule has 10 aromatic carbocycles. The Labute approximate surface area is 309 Å². The molecule has 53 heavy (non-hydrogen) atoms. The van der Waals surface area contributed by atoms with E-state index in [0.29, 0.717) is 0 Å². The molecule has 0 aliphatic rings. The summed E-state index contributed by atoms with van der Waals surface area (Å²) >= 11 is 0. The fraction of sp³-hybridized carbons (Fsp3) is 0. The molecule has 1 nitrogen and oxygen atoms in total. The van der Waals surface area contributed by atoms with Gasteiger partial charge in [0.1, 0.15) is 0 Å². The first kappa shape index (κ1) is 30.8. The van der Waals surface area contributed by atoms with E-state index >= 15 is 0 Å². The molecule has 10 rings (SSSR count). The predicted molar refractivity (Wildman–Crippen MR) is 227 cm³/mol. The second kappa shape index (κ2) is 13.0. The molecule has 0 saturated heterocycles. The first-order valence-electron chi connectivity index (χ1n) is 18.3. The molecule has 0 atom stereocenters. The van der Waals surface area contributed by atoms with E-state index in [-0.39, 0.29) is 0 Å². The van der Waals surface area contributed by atoms with Crippen LogP contribution in [0.5, 0.6) is 0 Å². The number of hydrogen-bond donors (Lipinski definition) is 0. The molecule has 0 aliphatic carbocycles. The van der Waals surface area contributed by atoms with Crippen LogP contribution in [0.25, 0.3) is 76.5 Å². The normalized spacial score (nSPS) is 11.4. The first-order chi connectivity index (χ1) is 26.3. The first-order valence-corrected chi connectivity index (χ1v) is 18.3. The van der Waals surface area contributed by atoms with Crippen LogP contribution in [0.1, 0.15) is 0 Å². The second-order valence-electron chi connectivity index (χ2n) is 13.7. The third-order valence-corrected chi connectivity index (χ3v) is 10.6. The molecular formula is C52H35N. The number of benzene rings is 10. The molecule has 0 N–H and O–H groups in total. The molecule has 0 heterocycles. The quantitative estimate of drug-likeness (QED) is 0.159. The van der Waals surface area contributed by atoms with Crippen LogP contribution in [-0.2, 0) is 0 Å². The van der Waals surface area contributed by atoms with Gasteiger partial charge in [-0.15, -0.1) is 0 Å². The maximum atomic E-state index is 2.43. The van der Waals surface area contributed by atoms with E-state index in [1.807, 2.05) is 0 Å². The highest BCUT2D eigenvalue weighted by molar-refractivity contribution is 6.16. The van der Waals surface area contributed by atoms with Gasteiger partial charge in [0.25, 0.3) is 0 Å². The van der Waals surface area contributed by atoms with Crippen molar-refractivity contribution >= 4 is 60.2 Å². The van der Waals surface area contributed by atoms with Crippen LogP contribution in [0.15, 0.2) is 212 Å². The lowest BCUT2D eigenvalue weighted by Crippen LogP contribution is -2.11. The van der Waals surface area contributed by atoms with Gasteiger partial charge in [0.2, 0.25) is 0 Å². The number of hydrogen-bond acceptors (Lipinski definition) is 1. The van der Waals surface area contributed by atoms with E-state index in [0.717, 1.165) is 17.1 Å². The monoisotopic (exact) mass is 673 g/mol.